The normalized spacial score (nSPS) is 20.4. The average molecular weight is 318 g/mol. The third-order valence-electron chi connectivity index (χ3n) is 3.80. The van der Waals surface area contributed by atoms with Crippen molar-refractivity contribution in [1.29, 1.82) is 0 Å². The molecule has 20 heavy (non-hydrogen) atoms. The summed E-state index contributed by atoms with van der Waals surface area (Å²) in [5.41, 5.74) is 1.17. The van der Waals surface area contributed by atoms with E-state index in [1.807, 2.05) is 12.1 Å². The summed E-state index contributed by atoms with van der Waals surface area (Å²) in [5.74, 6) is 0.474. The van der Waals surface area contributed by atoms with Crippen molar-refractivity contribution in [2.24, 2.45) is 0 Å². The highest BCUT2D eigenvalue weighted by Crippen LogP contribution is 2.28. The molecule has 1 aromatic carbocycles. The Labute approximate surface area is 128 Å². The Balaban J connectivity index is 0.00000200. The molecule has 1 heterocycles. The molecule has 2 rings (SSSR count). The Morgan fingerprint density at radius 1 is 1.35 bits per heavy atom. The average Bonchev–Trinajstić information content (AvgIpc) is 2.39. The quantitative estimate of drug-likeness (QED) is 0.856. The first-order valence-electron chi connectivity index (χ1n) is 7.03. The SMILES string of the molecule is CCCN1CCCC(c2cccc(S(C)(=O)=O)c2)C1.Cl. The Hall–Kier alpha value is -0.580. The maximum atomic E-state index is 11.6. The summed E-state index contributed by atoms with van der Waals surface area (Å²) in [6.45, 7) is 5.58. The molecule has 3 nitrogen and oxygen atoms in total. The van der Waals surface area contributed by atoms with Crippen LogP contribution in [0.2, 0.25) is 0 Å². The van der Waals surface area contributed by atoms with Gasteiger partial charge in [-0.15, -0.1) is 12.4 Å². The van der Waals surface area contributed by atoms with Crippen LogP contribution >= 0.6 is 12.4 Å². The summed E-state index contributed by atoms with van der Waals surface area (Å²) in [7, 11) is -3.10. The lowest BCUT2D eigenvalue weighted by Crippen LogP contribution is -2.34. The van der Waals surface area contributed by atoms with E-state index >= 15 is 0 Å². The second-order valence-electron chi connectivity index (χ2n) is 5.48. The summed E-state index contributed by atoms with van der Waals surface area (Å²) < 4.78 is 23.2. The van der Waals surface area contributed by atoms with Crippen LogP contribution in [0.15, 0.2) is 29.2 Å². The van der Waals surface area contributed by atoms with E-state index in [1.165, 1.54) is 31.2 Å². The van der Waals surface area contributed by atoms with Gasteiger partial charge in [0.25, 0.3) is 0 Å². The second-order valence-corrected chi connectivity index (χ2v) is 7.50. The molecule has 114 valence electrons. The van der Waals surface area contributed by atoms with Crippen LogP contribution in [0.4, 0.5) is 0 Å². The largest absolute Gasteiger partial charge is 0.303 e. The molecule has 1 aliphatic heterocycles. The Kier molecular flexibility index (Phi) is 6.49. The van der Waals surface area contributed by atoms with Crippen molar-refractivity contribution < 1.29 is 8.42 Å². The van der Waals surface area contributed by atoms with Crippen LogP contribution in [-0.2, 0) is 9.84 Å². The lowest BCUT2D eigenvalue weighted by molar-refractivity contribution is 0.208. The number of hydrogen-bond acceptors (Lipinski definition) is 3. The predicted molar refractivity (Wildman–Crippen MR) is 85.5 cm³/mol. The molecule has 0 aromatic heterocycles. The molecule has 0 radical (unpaired) electrons. The van der Waals surface area contributed by atoms with Gasteiger partial charge in [0.2, 0.25) is 0 Å². The fraction of sp³-hybridized carbons (Fsp3) is 0.600. The first kappa shape index (κ1) is 17.5. The molecular weight excluding hydrogens is 294 g/mol. The van der Waals surface area contributed by atoms with Gasteiger partial charge in [0.15, 0.2) is 9.84 Å². The maximum Gasteiger partial charge on any atom is 0.175 e. The highest BCUT2D eigenvalue weighted by atomic mass is 35.5. The molecule has 0 spiro atoms. The zero-order valence-corrected chi connectivity index (χ0v) is 13.8. The third-order valence-corrected chi connectivity index (χ3v) is 4.91. The van der Waals surface area contributed by atoms with Crippen LogP contribution in [0.3, 0.4) is 0 Å². The van der Waals surface area contributed by atoms with Crippen molar-refractivity contribution in [1.82, 2.24) is 4.90 Å². The van der Waals surface area contributed by atoms with E-state index in [4.69, 9.17) is 0 Å². The molecule has 0 aliphatic carbocycles. The molecule has 5 heteroatoms. The molecule has 0 bridgehead atoms. The van der Waals surface area contributed by atoms with Crippen LogP contribution in [0, 0.1) is 0 Å². The predicted octanol–water partition coefficient (Wildman–Crippen LogP) is 3.10. The van der Waals surface area contributed by atoms with Gasteiger partial charge in [-0.2, -0.15) is 0 Å². The van der Waals surface area contributed by atoms with Gasteiger partial charge in [-0.25, -0.2) is 8.42 Å². The Morgan fingerprint density at radius 3 is 2.75 bits per heavy atom. The van der Waals surface area contributed by atoms with E-state index in [2.05, 4.69) is 17.9 Å². The Morgan fingerprint density at radius 2 is 2.10 bits per heavy atom. The van der Waals surface area contributed by atoms with E-state index in [0.717, 1.165) is 19.5 Å². The summed E-state index contributed by atoms with van der Waals surface area (Å²) in [5, 5.41) is 0. The third kappa shape index (κ3) is 4.47. The molecule has 1 unspecified atom stereocenters. The van der Waals surface area contributed by atoms with Crippen LogP contribution in [0.1, 0.15) is 37.7 Å². The molecule has 0 saturated carbocycles. The van der Waals surface area contributed by atoms with Gasteiger partial charge in [0.05, 0.1) is 4.90 Å². The van der Waals surface area contributed by atoms with Crippen molar-refractivity contribution in [2.45, 2.75) is 37.0 Å². The van der Waals surface area contributed by atoms with E-state index in [-0.39, 0.29) is 12.4 Å². The highest BCUT2D eigenvalue weighted by Gasteiger charge is 2.21. The summed E-state index contributed by atoms with van der Waals surface area (Å²) >= 11 is 0. The monoisotopic (exact) mass is 317 g/mol. The van der Waals surface area contributed by atoms with Crippen LogP contribution in [0.25, 0.3) is 0 Å². The first-order valence-corrected chi connectivity index (χ1v) is 8.92. The minimum absolute atomic E-state index is 0. The van der Waals surface area contributed by atoms with Crippen molar-refractivity contribution in [3.05, 3.63) is 29.8 Å². The van der Waals surface area contributed by atoms with Crippen molar-refractivity contribution in [2.75, 3.05) is 25.9 Å². The number of likely N-dealkylation sites (tertiary alicyclic amines) is 1. The summed E-state index contributed by atoms with van der Waals surface area (Å²) in [6, 6.07) is 7.47. The van der Waals surface area contributed by atoms with Crippen molar-refractivity contribution >= 4 is 22.2 Å². The number of benzene rings is 1. The highest BCUT2D eigenvalue weighted by molar-refractivity contribution is 7.90. The van der Waals surface area contributed by atoms with Gasteiger partial charge in [-0.1, -0.05) is 19.1 Å². The summed E-state index contributed by atoms with van der Waals surface area (Å²) in [4.78, 5) is 2.93. The van der Waals surface area contributed by atoms with E-state index in [9.17, 15) is 8.42 Å². The number of rotatable bonds is 4. The minimum Gasteiger partial charge on any atom is -0.303 e. The molecule has 0 N–H and O–H groups in total. The lowest BCUT2D eigenvalue weighted by atomic mass is 9.90. The molecule has 1 aliphatic rings. The Bertz CT molecular complexity index is 528. The molecule has 1 saturated heterocycles. The van der Waals surface area contributed by atoms with Crippen LogP contribution < -0.4 is 0 Å². The van der Waals surface area contributed by atoms with Gasteiger partial charge < -0.3 is 4.90 Å². The van der Waals surface area contributed by atoms with Crippen LogP contribution in [-0.4, -0.2) is 39.2 Å². The topological polar surface area (TPSA) is 37.4 Å². The second kappa shape index (κ2) is 7.43. The van der Waals surface area contributed by atoms with Crippen molar-refractivity contribution in [3.8, 4) is 0 Å². The lowest BCUT2D eigenvalue weighted by Gasteiger charge is -2.32. The molecule has 1 atom stereocenters. The van der Waals surface area contributed by atoms with E-state index < -0.39 is 9.84 Å². The zero-order chi connectivity index (χ0) is 13.9. The fourth-order valence-corrected chi connectivity index (χ4v) is 3.52. The van der Waals surface area contributed by atoms with Gasteiger partial charge in [-0.3, -0.25) is 0 Å². The maximum absolute atomic E-state index is 11.6. The van der Waals surface area contributed by atoms with Crippen molar-refractivity contribution in [3.63, 3.8) is 0 Å². The van der Waals surface area contributed by atoms with Gasteiger partial charge >= 0.3 is 0 Å². The first-order chi connectivity index (χ1) is 9.00. The standard InChI is InChI=1S/C15H23NO2S.ClH/c1-3-9-16-10-5-7-14(12-16)13-6-4-8-15(11-13)19(2,17)18;/h4,6,8,11,14H,3,5,7,9-10,12H2,1-2H3;1H. The molecule has 1 aromatic rings. The van der Waals surface area contributed by atoms with E-state index in [0.29, 0.717) is 10.8 Å². The smallest absolute Gasteiger partial charge is 0.175 e. The number of nitrogens with zero attached hydrogens (tertiary/aromatic N) is 1. The number of hydrogen-bond donors (Lipinski definition) is 0. The molecular formula is C15H24ClNO2S. The van der Waals surface area contributed by atoms with Crippen LogP contribution in [0.5, 0.6) is 0 Å². The minimum atomic E-state index is -3.10. The number of sulfone groups is 1. The number of piperidine rings is 1. The fourth-order valence-electron chi connectivity index (χ4n) is 2.85. The zero-order valence-electron chi connectivity index (χ0n) is 12.2. The van der Waals surface area contributed by atoms with Gasteiger partial charge in [0, 0.05) is 12.8 Å². The van der Waals surface area contributed by atoms with Gasteiger partial charge in [0.1, 0.15) is 0 Å². The van der Waals surface area contributed by atoms with Gasteiger partial charge in [-0.05, 0) is 56.0 Å². The summed E-state index contributed by atoms with van der Waals surface area (Å²) in [6.07, 6.45) is 4.81. The number of halogens is 1. The molecule has 0 amide bonds. The van der Waals surface area contributed by atoms with E-state index in [1.54, 1.807) is 6.07 Å². The molecule has 1 fully saturated rings.